The Kier molecular flexibility index (Phi) is 5.06. The van der Waals surface area contributed by atoms with Gasteiger partial charge in [-0.25, -0.2) is 0 Å². The molecule has 1 heterocycles. The number of ether oxygens (including phenoxy) is 1. The van der Waals surface area contributed by atoms with Crippen molar-refractivity contribution in [3.8, 4) is 0 Å². The van der Waals surface area contributed by atoms with Gasteiger partial charge < -0.3 is 10.1 Å². The molecule has 16 heavy (non-hydrogen) atoms. The largest absolute Gasteiger partial charge is 0.381 e. The Morgan fingerprint density at radius 2 is 1.88 bits per heavy atom. The minimum atomic E-state index is -0.00338. The summed E-state index contributed by atoms with van der Waals surface area (Å²) in [6, 6.07) is 8.06. The maximum absolute atomic E-state index is 6.25. The lowest BCUT2D eigenvalue weighted by atomic mass is 9.83. The predicted molar refractivity (Wildman–Crippen MR) is 69.5 cm³/mol. The molecule has 0 radical (unpaired) electrons. The maximum atomic E-state index is 6.25. The first-order valence-electron chi connectivity index (χ1n) is 5.30. The Labute approximate surface area is 108 Å². The SMILES string of the molecule is CNC1(c2ccccc2Cl)CCOCC1.Cl. The Morgan fingerprint density at radius 1 is 1.25 bits per heavy atom. The van der Waals surface area contributed by atoms with Crippen LogP contribution >= 0.6 is 24.0 Å². The molecule has 1 aromatic rings. The van der Waals surface area contributed by atoms with Gasteiger partial charge in [-0.15, -0.1) is 12.4 Å². The van der Waals surface area contributed by atoms with Crippen molar-refractivity contribution in [3.63, 3.8) is 0 Å². The number of hydrogen-bond donors (Lipinski definition) is 1. The average Bonchev–Trinajstić information content (AvgIpc) is 2.30. The minimum absolute atomic E-state index is 0. The first kappa shape index (κ1) is 13.8. The lowest BCUT2D eigenvalue weighted by Gasteiger charge is -2.38. The lowest BCUT2D eigenvalue weighted by molar-refractivity contribution is 0.0399. The highest BCUT2D eigenvalue weighted by atomic mass is 35.5. The molecule has 0 saturated carbocycles. The molecule has 90 valence electrons. The van der Waals surface area contributed by atoms with Crippen molar-refractivity contribution in [2.75, 3.05) is 20.3 Å². The van der Waals surface area contributed by atoms with Gasteiger partial charge in [-0.1, -0.05) is 29.8 Å². The Hall–Kier alpha value is -0.280. The minimum Gasteiger partial charge on any atom is -0.381 e. The maximum Gasteiger partial charge on any atom is 0.0491 e. The van der Waals surface area contributed by atoms with E-state index in [0.29, 0.717) is 0 Å². The molecule has 1 fully saturated rings. The molecule has 2 rings (SSSR count). The van der Waals surface area contributed by atoms with Crippen LogP contribution in [0.3, 0.4) is 0 Å². The number of benzene rings is 1. The van der Waals surface area contributed by atoms with Crippen LogP contribution in [-0.2, 0) is 10.3 Å². The van der Waals surface area contributed by atoms with Crippen molar-refractivity contribution in [2.24, 2.45) is 0 Å². The highest BCUT2D eigenvalue weighted by Gasteiger charge is 2.33. The normalized spacial score (nSPS) is 18.9. The van der Waals surface area contributed by atoms with E-state index < -0.39 is 0 Å². The standard InChI is InChI=1S/C12H16ClNO.ClH/c1-14-12(6-8-15-9-7-12)10-4-2-3-5-11(10)13;/h2-5,14H,6-9H2,1H3;1H. The summed E-state index contributed by atoms with van der Waals surface area (Å²) in [6.45, 7) is 1.60. The second kappa shape index (κ2) is 5.87. The van der Waals surface area contributed by atoms with Crippen LogP contribution in [0.2, 0.25) is 5.02 Å². The van der Waals surface area contributed by atoms with Crippen LogP contribution in [0.1, 0.15) is 18.4 Å². The number of halogens is 2. The topological polar surface area (TPSA) is 21.3 Å². The molecule has 1 aromatic carbocycles. The molecule has 1 saturated heterocycles. The van der Waals surface area contributed by atoms with Gasteiger partial charge in [0.25, 0.3) is 0 Å². The number of nitrogens with one attached hydrogen (secondary N) is 1. The van der Waals surface area contributed by atoms with Gasteiger partial charge in [0.1, 0.15) is 0 Å². The Morgan fingerprint density at radius 3 is 2.44 bits per heavy atom. The van der Waals surface area contributed by atoms with Crippen LogP contribution < -0.4 is 5.32 Å². The van der Waals surface area contributed by atoms with Gasteiger partial charge in [0, 0.05) is 23.8 Å². The van der Waals surface area contributed by atoms with Gasteiger partial charge in [0.05, 0.1) is 0 Å². The molecular formula is C12H17Cl2NO. The molecule has 2 nitrogen and oxygen atoms in total. The van der Waals surface area contributed by atoms with Crippen molar-refractivity contribution in [1.29, 1.82) is 0 Å². The molecule has 4 heteroatoms. The van der Waals surface area contributed by atoms with E-state index >= 15 is 0 Å². The lowest BCUT2D eigenvalue weighted by Crippen LogP contribution is -2.44. The molecular weight excluding hydrogens is 245 g/mol. The van der Waals surface area contributed by atoms with E-state index in [1.807, 2.05) is 25.2 Å². The van der Waals surface area contributed by atoms with Gasteiger partial charge in [-0.2, -0.15) is 0 Å². The van der Waals surface area contributed by atoms with E-state index in [1.165, 1.54) is 5.56 Å². The van der Waals surface area contributed by atoms with Crippen molar-refractivity contribution >= 4 is 24.0 Å². The molecule has 1 aliphatic rings. The van der Waals surface area contributed by atoms with Gasteiger partial charge in [0.2, 0.25) is 0 Å². The van der Waals surface area contributed by atoms with E-state index in [-0.39, 0.29) is 17.9 Å². The first-order chi connectivity index (χ1) is 7.28. The molecule has 0 unspecified atom stereocenters. The summed E-state index contributed by atoms with van der Waals surface area (Å²) < 4.78 is 5.40. The van der Waals surface area contributed by atoms with Crippen molar-refractivity contribution in [2.45, 2.75) is 18.4 Å². The fourth-order valence-corrected chi connectivity index (χ4v) is 2.54. The number of hydrogen-bond acceptors (Lipinski definition) is 2. The van der Waals surface area contributed by atoms with Crippen molar-refractivity contribution in [3.05, 3.63) is 34.9 Å². The summed E-state index contributed by atoms with van der Waals surface area (Å²) in [7, 11) is 1.99. The van der Waals surface area contributed by atoms with Crippen LogP contribution in [0.25, 0.3) is 0 Å². The quantitative estimate of drug-likeness (QED) is 0.884. The van der Waals surface area contributed by atoms with Crippen LogP contribution in [0.5, 0.6) is 0 Å². The summed E-state index contributed by atoms with van der Waals surface area (Å²) in [6.07, 6.45) is 1.96. The summed E-state index contributed by atoms with van der Waals surface area (Å²) in [5.41, 5.74) is 1.19. The van der Waals surface area contributed by atoms with Gasteiger partial charge in [-0.3, -0.25) is 0 Å². The van der Waals surface area contributed by atoms with E-state index in [9.17, 15) is 0 Å². The van der Waals surface area contributed by atoms with E-state index in [4.69, 9.17) is 16.3 Å². The van der Waals surface area contributed by atoms with E-state index in [2.05, 4.69) is 11.4 Å². The molecule has 0 spiro atoms. The third-order valence-corrected chi connectivity index (χ3v) is 3.54. The van der Waals surface area contributed by atoms with Crippen LogP contribution in [0, 0.1) is 0 Å². The molecule has 0 aromatic heterocycles. The second-order valence-electron chi connectivity index (χ2n) is 3.92. The van der Waals surface area contributed by atoms with Crippen LogP contribution in [0.15, 0.2) is 24.3 Å². The zero-order valence-electron chi connectivity index (χ0n) is 9.33. The summed E-state index contributed by atoms with van der Waals surface area (Å²) in [5, 5.41) is 4.25. The molecule has 0 atom stereocenters. The van der Waals surface area contributed by atoms with Crippen molar-refractivity contribution < 1.29 is 4.74 Å². The number of rotatable bonds is 2. The third-order valence-electron chi connectivity index (χ3n) is 3.21. The first-order valence-corrected chi connectivity index (χ1v) is 5.68. The van der Waals surface area contributed by atoms with Crippen LogP contribution in [0.4, 0.5) is 0 Å². The second-order valence-corrected chi connectivity index (χ2v) is 4.33. The third kappa shape index (κ3) is 2.51. The van der Waals surface area contributed by atoms with E-state index in [0.717, 1.165) is 31.1 Å². The highest BCUT2D eigenvalue weighted by Crippen LogP contribution is 2.35. The summed E-state index contributed by atoms with van der Waals surface area (Å²) in [4.78, 5) is 0. The zero-order chi connectivity index (χ0) is 10.7. The predicted octanol–water partition coefficient (Wildman–Crippen LogP) is 2.99. The van der Waals surface area contributed by atoms with Gasteiger partial charge >= 0.3 is 0 Å². The highest BCUT2D eigenvalue weighted by molar-refractivity contribution is 6.31. The van der Waals surface area contributed by atoms with Gasteiger partial charge in [0.15, 0.2) is 0 Å². The summed E-state index contributed by atoms with van der Waals surface area (Å²) >= 11 is 6.25. The Bertz CT molecular complexity index is 338. The molecule has 0 bridgehead atoms. The van der Waals surface area contributed by atoms with Gasteiger partial charge in [-0.05, 0) is 31.5 Å². The molecule has 0 aliphatic carbocycles. The fraction of sp³-hybridized carbons (Fsp3) is 0.500. The zero-order valence-corrected chi connectivity index (χ0v) is 10.9. The smallest absolute Gasteiger partial charge is 0.0491 e. The summed E-state index contributed by atoms with van der Waals surface area (Å²) in [5.74, 6) is 0. The molecule has 1 N–H and O–H groups in total. The molecule has 1 aliphatic heterocycles. The Balaban J connectivity index is 0.00000128. The van der Waals surface area contributed by atoms with E-state index in [1.54, 1.807) is 0 Å². The van der Waals surface area contributed by atoms with Crippen molar-refractivity contribution in [1.82, 2.24) is 5.32 Å². The monoisotopic (exact) mass is 261 g/mol. The van der Waals surface area contributed by atoms with Crippen LogP contribution in [-0.4, -0.2) is 20.3 Å². The molecule has 0 amide bonds. The fourth-order valence-electron chi connectivity index (χ4n) is 2.22. The average molecular weight is 262 g/mol.